The molecule has 3 heterocycles. The largest absolute Gasteiger partial charge is 0.490 e. The van der Waals surface area contributed by atoms with Crippen molar-refractivity contribution in [2.45, 2.75) is 32.5 Å². The standard InChI is InChI=1S/C23H21ClN2O3/c1-3-27-21-10-6-8-16-19-13-18(20-12-11-14(2)28-20)25-26(19)23(29-22(16)21)15-7-4-5-9-17(15)24/h4-12,19,23H,3,13H2,1-2H3/t19-,23+/m1/s1. The van der Waals surface area contributed by atoms with Crippen LogP contribution < -0.4 is 9.47 Å². The summed E-state index contributed by atoms with van der Waals surface area (Å²) < 4.78 is 18.2. The number of hydrogen-bond donors (Lipinski definition) is 0. The average Bonchev–Trinajstić information content (AvgIpc) is 3.35. The van der Waals surface area contributed by atoms with Gasteiger partial charge in [0.25, 0.3) is 0 Å². The van der Waals surface area contributed by atoms with Crippen LogP contribution in [-0.4, -0.2) is 17.3 Å². The second kappa shape index (κ2) is 7.16. The molecule has 2 aromatic carbocycles. The smallest absolute Gasteiger partial charge is 0.215 e. The Hall–Kier alpha value is -2.92. The van der Waals surface area contributed by atoms with Crippen LogP contribution in [0, 0.1) is 6.92 Å². The SMILES string of the molecule is CCOc1cccc2c1O[C@@H](c1ccccc1Cl)N1N=C(c3ccc(C)o3)C[C@H]21. The second-order valence-electron chi connectivity index (χ2n) is 7.16. The molecule has 3 aromatic rings. The molecule has 6 heteroatoms. The van der Waals surface area contributed by atoms with E-state index in [1.54, 1.807) is 0 Å². The Kier molecular flexibility index (Phi) is 4.47. The molecule has 0 spiro atoms. The van der Waals surface area contributed by atoms with E-state index >= 15 is 0 Å². The molecule has 148 valence electrons. The van der Waals surface area contributed by atoms with Crippen molar-refractivity contribution in [2.75, 3.05) is 6.61 Å². The maximum atomic E-state index is 6.53. The lowest BCUT2D eigenvalue weighted by atomic mass is 9.97. The average molecular weight is 409 g/mol. The lowest BCUT2D eigenvalue weighted by molar-refractivity contribution is -0.0211. The molecule has 0 amide bonds. The van der Waals surface area contributed by atoms with Crippen molar-refractivity contribution in [3.8, 4) is 11.5 Å². The third-order valence-electron chi connectivity index (χ3n) is 5.28. The molecule has 1 aromatic heterocycles. The zero-order valence-electron chi connectivity index (χ0n) is 16.3. The summed E-state index contributed by atoms with van der Waals surface area (Å²) in [5, 5.41) is 7.54. The number of hydrazone groups is 1. The number of benzene rings is 2. The highest BCUT2D eigenvalue weighted by molar-refractivity contribution is 6.31. The third-order valence-corrected chi connectivity index (χ3v) is 5.62. The number of furan rings is 1. The van der Waals surface area contributed by atoms with Gasteiger partial charge in [-0.25, -0.2) is 5.01 Å². The summed E-state index contributed by atoms with van der Waals surface area (Å²) in [6.45, 7) is 4.47. The Labute approximate surface area is 174 Å². The Morgan fingerprint density at radius 3 is 2.69 bits per heavy atom. The molecule has 0 aliphatic carbocycles. The number of rotatable bonds is 4. The van der Waals surface area contributed by atoms with Gasteiger partial charge < -0.3 is 13.9 Å². The van der Waals surface area contributed by atoms with Gasteiger partial charge in [-0.05, 0) is 38.1 Å². The van der Waals surface area contributed by atoms with E-state index in [1.807, 2.05) is 67.4 Å². The predicted molar refractivity (Wildman–Crippen MR) is 112 cm³/mol. The molecule has 5 nitrogen and oxygen atoms in total. The molecule has 2 aliphatic rings. The summed E-state index contributed by atoms with van der Waals surface area (Å²) in [5.41, 5.74) is 2.83. The normalized spacial score (nSPS) is 20.0. The van der Waals surface area contributed by atoms with E-state index in [1.165, 1.54) is 0 Å². The molecule has 2 atom stereocenters. The lowest BCUT2D eigenvalue weighted by Crippen LogP contribution is -2.34. The third kappa shape index (κ3) is 3.06. The van der Waals surface area contributed by atoms with Crippen LogP contribution in [0.4, 0.5) is 0 Å². The Bertz CT molecular complexity index is 1090. The van der Waals surface area contributed by atoms with Crippen LogP contribution in [0.15, 0.2) is 64.1 Å². The van der Waals surface area contributed by atoms with Crippen LogP contribution >= 0.6 is 11.6 Å². The van der Waals surface area contributed by atoms with E-state index in [4.69, 9.17) is 30.6 Å². The van der Waals surface area contributed by atoms with E-state index in [2.05, 4.69) is 6.07 Å². The monoisotopic (exact) mass is 408 g/mol. The highest BCUT2D eigenvalue weighted by Crippen LogP contribution is 2.51. The van der Waals surface area contributed by atoms with E-state index in [0.29, 0.717) is 11.6 Å². The number of fused-ring (bicyclic) bond motifs is 3. The Morgan fingerprint density at radius 2 is 1.93 bits per heavy atom. The fourth-order valence-electron chi connectivity index (χ4n) is 3.97. The maximum absolute atomic E-state index is 6.53. The van der Waals surface area contributed by atoms with Gasteiger partial charge in [0, 0.05) is 22.6 Å². The summed E-state index contributed by atoms with van der Waals surface area (Å²) >= 11 is 6.53. The first kappa shape index (κ1) is 18.1. The molecular weight excluding hydrogens is 388 g/mol. The fourth-order valence-corrected chi connectivity index (χ4v) is 4.20. The second-order valence-corrected chi connectivity index (χ2v) is 7.56. The zero-order chi connectivity index (χ0) is 20.0. The van der Waals surface area contributed by atoms with Gasteiger partial charge in [0.05, 0.1) is 12.6 Å². The lowest BCUT2D eigenvalue weighted by Gasteiger charge is -2.39. The number of hydrogen-bond acceptors (Lipinski definition) is 5. The van der Waals surface area contributed by atoms with E-state index < -0.39 is 6.23 Å². The number of ether oxygens (including phenoxy) is 2. The van der Waals surface area contributed by atoms with Crippen molar-refractivity contribution in [1.29, 1.82) is 0 Å². The molecule has 2 aliphatic heterocycles. The van der Waals surface area contributed by atoms with Crippen molar-refractivity contribution >= 4 is 17.3 Å². The minimum atomic E-state index is -0.448. The summed E-state index contributed by atoms with van der Waals surface area (Å²) in [6, 6.07) is 17.7. The highest BCUT2D eigenvalue weighted by atomic mass is 35.5. The molecule has 5 rings (SSSR count). The van der Waals surface area contributed by atoms with Crippen LogP contribution in [0.5, 0.6) is 11.5 Å². The van der Waals surface area contributed by atoms with Gasteiger partial charge in [0.1, 0.15) is 17.2 Å². The van der Waals surface area contributed by atoms with Crippen LogP contribution in [0.1, 0.15) is 48.3 Å². The first-order valence-corrected chi connectivity index (χ1v) is 10.1. The quantitative estimate of drug-likeness (QED) is 0.540. The van der Waals surface area contributed by atoms with Gasteiger partial charge >= 0.3 is 0 Å². The summed E-state index contributed by atoms with van der Waals surface area (Å²) in [5.74, 6) is 3.15. The van der Waals surface area contributed by atoms with Gasteiger partial charge in [0.2, 0.25) is 6.23 Å². The van der Waals surface area contributed by atoms with Gasteiger partial charge in [0.15, 0.2) is 11.5 Å². The van der Waals surface area contributed by atoms with Gasteiger partial charge in [-0.1, -0.05) is 41.9 Å². The summed E-state index contributed by atoms with van der Waals surface area (Å²) in [4.78, 5) is 0. The number of aryl methyl sites for hydroxylation is 1. The molecule has 0 N–H and O–H groups in total. The summed E-state index contributed by atoms with van der Waals surface area (Å²) in [7, 11) is 0. The predicted octanol–water partition coefficient (Wildman–Crippen LogP) is 5.88. The Morgan fingerprint density at radius 1 is 1.10 bits per heavy atom. The van der Waals surface area contributed by atoms with Gasteiger partial charge in [-0.2, -0.15) is 5.10 Å². The molecule has 29 heavy (non-hydrogen) atoms. The minimum Gasteiger partial charge on any atom is -0.490 e. The van der Waals surface area contributed by atoms with Crippen molar-refractivity contribution in [1.82, 2.24) is 5.01 Å². The molecule has 0 radical (unpaired) electrons. The molecule has 0 saturated heterocycles. The fraction of sp³-hybridized carbons (Fsp3) is 0.261. The van der Waals surface area contributed by atoms with Crippen LogP contribution in [0.3, 0.4) is 0 Å². The van der Waals surface area contributed by atoms with Crippen LogP contribution in [-0.2, 0) is 0 Å². The highest BCUT2D eigenvalue weighted by Gasteiger charge is 2.43. The topological polar surface area (TPSA) is 47.2 Å². The van der Waals surface area contributed by atoms with Crippen LogP contribution in [0.25, 0.3) is 0 Å². The minimum absolute atomic E-state index is 0.0147. The van der Waals surface area contributed by atoms with Crippen molar-refractivity contribution < 1.29 is 13.9 Å². The Balaban J connectivity index is 1.63. The van der Waals surface area contributed by atoms with Crippen LogP contribution in [0.2, 0.25) is 5.02 Å². The summed E-state index contributed by atoms with van der Waals surface area (Å²) in [6.07, 6.45) is 0.274. The van der Waals surface area contributed by atoms with E-state index in [9.17, 15) is 0 Å². The number of halogens is 1. The zero-order valence-corrected chi connectivity index (χ0v) is 17.0. The number of nitrogens with zero attached hydrogens (tertiary/aromatic N) is 2. The van der Waals surface area contributed by atoms with Crippen molar-refractivity contribution in [3.05, 3.63) is 82.3 Å². The molecule has 0 saturated carbocycles. The number of para-hydroxylation sites is 1. The van der Waals surface area contributed by atoms with Crippen molar-refractivity contribution in [3.63, 3.8) is 0 Å². The van der Waals surface area contributed by atoms with Gasteiger partial charge in [-0.15, -0.1) is 0 Å². The molecule has 0 bridgehead atoms. The molecule has 0 fully saturated rings. The van der Waals surface area contributed by atoms with Crippen molar-refractivity contribution in [2.24, 2.45) is 5.10 Å². The first-order valence-electron chi connectivity index (χ1n) is 9.75. The molecular formula is C23H21ClN2O3. The first-order chi connectivity index (χ1) is 14.2. The molecule has 0 unspecified atom stereocenters. The van der Waals surface area contributed by atoms with Gasteiger partial charge in [-0.3, -0.25) is 0 Å². The maximum Gasteiger partial charge on any atom is 0.215 e. The van der Waals surface area contributed by atoms with E-state index in [-0.39, 0.29) is 6.04 Å². The van der Waals surface area contributed by atoms with E-state index in [0.717, 1.165) is 46.3 Å².